The lowest BCUT2D eigenvalue weighted by atomic mass is 10.0. The summed E-state index contributed by atoms with van der Waals surface area (Å²) in [7, 11) is 0. The van der Waals surface area contributed by atoms with Crippen molar-refractivity contribution in [2.24, 2.45) is 5.92 Å². The van der Waals surface area contributed by atoms with E-state index in [9.17, 15) is 0 Å². The van der Waals surface area contributed by atoms with E-state index in [1.54, 1.807) is 0 Å². The van der Waals surface area contributed by atoms with E-state index in [1.807, 2.05) is 0 Å². The molecule has 1 aliphatic rings. The van der Waals surface area contributed by atoms with E-state index in [0.29, 0.717) is 10.00 Å². The van der Waals surface area contributed by atoms with E-state index in [2.05, 4.69) is 67.7 Å². The smallest absolute Gasteiger partial charge is 0.0882 e. The summed E-state index contributed by atoms with van der Waals surface area (Å²) < 4.78 is 0.305. The third-order valence-corrected chi connectivity index (χ3v) is 6.82. The standard InChI is InChI=1S/C13H18S2/c1-11(2)13(14-9-6-10-15-13)12-7-4-3-5-8-12/h3-5,7-8,11H,6,9-10H2,1-2H3. The van der Waals surface area contributed by atoms with Gasteiger partial charge >= 0.3 is 0 Å². The van der Waals surface area contributed by atoms with Gasteiger partial charge in [0.1, 0.15) is 0 Å². The van der Waals surface area contributed by atoms with Crippen LogP contribution >= 0.6 is 23.5 Å². The van der Waals surface area contributed by atoms with Gasteiger partial charge in [0, 0.05) is 0 Å². The summed E-state index contributed by atoms with van der Waals surface area (Å²) in [5.41, 5.74) is 1.50. The van der Waals surface area contributed by atoms with Crippen molar-refractivity contribution < 1.29 is 0 Å². The van der Waals surface area contributed by atoms with E-state index >= 15 is 0 Å². The van der Waals surface area contributed by atoms with E-state index < -0.39 is 0 Å². The van der Waals surface area contributed by atoms with E-state index in [0.717, 1.165) is 0 Å². The molecule has 1 aromatic rings. The van der Waals surface area contributed by atoms with Crippen molar-refractivity contribution in [3.8, 4) is 0 Å². The van der Waals surface area contributed by atoms with Crippen molar-refractivity contribution in [2.45, 2.75) is 24.3 Å². The monoisotopic (exact) mass is 238 g/mol. The molecule has 0 spiro atoms. The number of thioether (sulfide) groups is 2. The molecule has 15 heavy (non-hydrogen) atoms. The molecule has 1 aliphatic heterocycles. The van der Waals surface area contributed by atoms with Crippen LogP contribution in [-0.2, 0) is 4.08 Å². The topological polar surface area (TPSA) is 0 Å². The Bertz CT molecular complexity index is 300. The lowest BCUT2D eigenvalue weighted by Gasteiger charge is -2.40. The van der Waals surface area contributed by atoms with Crippen LogP contribution in [0.15, 0.2) is 30.3 Å². The first-order valence-corrected chi connectivity index (χ1v) is 7.56. The molecule has 0 bridgehead atoms. The first-order valence-electron chi connectivity index (χ1n) is 5.59. The highest BCUT2D eigenvalue weighted by Crippen LogP contribution is 2.54. The fourth-order valence-corrected chi connectivity index (χ4v) is 5.52. The Kier molecular flexibility index (Phi) is 3.68. The molecule has 82 valence electrons. The zero-order valence-corrected chi connectivity index (χ0v) is 11.0. The number of hydrogen-bond acceptors (Lipinski definition) is 2. The molecule has 0 nitrogen and oxygen atoms in total. The molecule has 0 aliphatic carbocycles. The van der Waals surface area contributed by atoms with Crippen LogP contribution < -0.4 is 0 Å². The maximum absolute atomic E-state index is 2.35. The summed E-state index contributed by atoms with van der Waals surface area (Å²) in [6.07, 6.45) is 1.36. The fourth-order valence-electron chi connectivity index (χ4n) is 2.05. The number of hydrogen-bond donors (Lipinski definition) is 0. The molecule has 0 unspecified atom stereocenters. The van der Waals surface area contributed by atoms with Crippen LogP contribution in [0.2, 0.25) is 0 Å². The minimum atomic E-state index is 0.305. The third-order valence-electron chi connectivity index (χ3n) is 2.86. The molecule has 0 radical (unpaired) electrons. The van der Waals surface area contributed by atoms with Crippen LogP contribution in [0.25, 0.3) is 0 Å². The van der Waals surface area contributed by atoms with Gasteiger partial charge in [-0.3, -0.25) is 0 Å². The van der Waals surface area contributed by atoms with Crippen LogP contribution in [-0.4, -0.2) is 11.5 Å². The maximum atomic E-state index is 2.35. The fraction of sp³-hybridized carbons (Fsp3) is 0.538. The summed E-state index contributed by atoms with van der Waals surface area (Å²) in [4.78, 5) is 0. The predicted octanol–water partition coefficient (Wildman–Crippen LogP) is 4.37. The summed E-state index contributed by atoms with van der Waals surface area (Å²) >= 11 is 4.27. The molecule has 1 heterocycles. The lowest BCUT2D eigenvalue weighted by Crippen LogP contribution is -2.28. The van der Waals surface area contributed by atoms with Gasteiger partial charge in [0.05, 0.1) is 4.08 Å². The summed E-state index contributed by atoms with van der Waals surface area (Å²) in [6, 6.07) is 11.0. The molecule has 0 aromatic heterocycles. The predicted molar refractivity (Wildman–Crippen MR) is 72.5 cm³/mol. The first kappa shape index (κ1) is 11.4. The molecule has 0 N–H and O–H groups in total. The van der Waals surface area contributed by atoms with Crippen molar-refractivity contribution in [3.63, 3.8) is 0 Å². The molecule has 2 rings (SSSR count). The Hall–Kier alpha value is -0.0800. The molecule has 2 heteroatoms. The molecule has 0 saturated carbocycles. The van der Waals surface area contributed by atoms with Crippen molar-refractivity contribution in [3.05, 3.63) is 35.9 Å². The summed E-state index contributed by atoms with van der Waals surface area (Å²) in [6.45, 7) is 4.69. The Morgan fingerprint density at radius 1 is 1.07 bits per heavy atom. The minimum absolute atomic E-state index is 0.305. The SMILES string of the molecule is CC(C)C1(c2ccccc2)SCCCS1. The van der Waals surface area contributed by atoms with Crippen LogP contribution in [0.4, 0.5) is 0 Å². The Morgan fingerprint density at radius 2 is 1.67 bits per heavy atom. The van der Waals surface area contributed by atoms with Gasteiger partial charge in [0.15, 0.2) is 0 Å². The first-order chi connectivity index (χ1) is 7.26. The van der Waals surface area contributed by atoms with Crippen LogP contribution in [0.5, 0.6) is 0 Å². The normalized spacial score (nSPS) is 20.5. The molecule has 1 fully saturated rings. The zero-order valence-electron chi connectivity index (χ0n) is 9.40. The lowest BCUT2D eigenvalue weighted by molar-refractivity contribution is 0.587. The molecule has 1 saturated heterocycles. The second-order valence-electron chi connectivity index (χ2n) is 4.24. The minimum Gasteiger partial charge on any atom is -0.139 e. The van der Waals surface area contributed by atoms with Crippen LogP contribution in [0, 0.1) is 5.92 Å². The summed E-state index contributed by atoms with van der Waals surface area (Å²) in [5, 5.41) is 0. The molecular formula is C13H18S2. The van der Waals surface area contributed by atoms with Crippen LogP contribution in [0.1, 0.15) is 25.8 Å². The molecular weight excluding hydrogens is 220 g/mol. The van der Waals surface area contributed by atoms with Gasteiger partial charge in [0.2, 0.25) is 0 Å². The average molecular weight is 238 g/mol. The second kappa shape index (κ2) is 4.84. The van der Waals surface area contributed by atoms with Crippen LogP contribution in [0.3, 0.4) is 0 Å². The van der Waals surface area contributed by atoms with Gasteiger partial charge in [-0.15, -0.1) is 23.5 Å². The van der Waals surface area contributed by atoms with Crippen molar-refractivity contribution in [1.29, 1.82) is 0 Å². The van der Waals surface area contributed by atoms with E-state index in [1.165, 1.54) is 23.5 Å². The Morgan fingerprint density at radius 3 is 2.20 bits per heavy atom. The maximum Gasteiger partial charge on any atom is 0.0882 e. The highest BCUT2D eigenvalue weighted by Gasteiger charge is 2.38. The zero-order chi connectivity index (χ0) is 10.7. The van der Waals surface area contributed by atoms with Crippen molar-refractivity contribution in [2.75, 3.05) is 11.5 Å². The molecule has 0 atom stereocenters. The van der Waals surface area contributed by atoms with Crippen molar-refractivity contribution in [1.82, 2.24) is 0 Å². The van der Waals surface area contributed by atoms with E-state index in [4.69, 9.17) is 0 Å². The highest BCUT2D eigenvalue weighted by atomic mass is 32.2. The summed E-state index contributed by atoms with van der Waals surface area (Å²) in [5.74, 6) is 3.30. The van der Waals surface area contributed by atoms with Gasteiger partial charge in [-0.05, 0) is 29.4 Å². The number of rotatable bonds is 2. The van der Waals surface area contributed by atoms with Gasteiger partial charge in [-0.25, -0.2) is 0 Å². The quantitative estimate of drug-likeness (QED) is 0.750. The molecule has 0 amide bonds. The van der Waals surface area contributed by atoms with E-state index in [-0.39, 0.29) is 0 Å². The van der Waals surface area contributed by atoms with Gasteiger partial charge in [0.25, 0.3) is 0 Å². The number of benzene rings is 1. The third kappa shape index (κ3) is 2.21. The Balaban J connectivity index is 2.34. The average Bonchev–Trinajstić information content (AvgIpc) is 2.31. The largest absolute Gasteiger partial charge is 0.139 e. The second-order valence-corrected chi connectivity index (χ2v) is 7.18. The van der Waals surface area contributed by atoms with Gasteiger partial charge in [-0.2, -0.15) is 0 Å². The van der Waals surface area contributed by atoms with Gasteiger partial charge < -0.3 is 0 Å². The highest BCUT2D eigenvalue weighted by molar-refractivity contribution is 8.18. The van der Waals surface area contributed by atoms with Crippen molar-refractivity contribution >= 4 is 23.5 Å². The molecule has 1 aromatic carbocycles. The Labute approximate surface area is 101 Å². The van der Waals surface area contributed by atoms with Gasteiger partial charge in [-0.1, -0.05) is 44.2 Å².